The number of hydrogen-bond donors (Lipinski definition) is 1. The molecule has 4 aromatic rings. The summed E-state index contributed by atoms with van der Waals surface area (Å²) < 4.78 is 2.00. The van der Waals surface area contributed by atoms with Gasteiger partial charge in [-0.3, -0.25) is 14.2 Å². The SMILES string of the molecule is CCc1ccc(-c2nc3ccccn3c2NCC(=O)N2CCN(c3c(Cl)cncc3Cl)CC2)s1. The molecule has 4 aromatic heterocycles. The molecule has 0 bridgehead atoms. The van der Waals surface area contributed by atoms with Crippen molar-refractivity contribution in [2.24, 2.45) is 0 Å². The number of piperazine rings is 1. The van der Waals surface area contributed by atoms with Crippen molar-refractivity contribution in [3.8, 4) is 10.6 Å². The van der Waals surface area contributed by atoms with Crippen molar-refractivity contribution >= 4 is 57.6 Å². The highest BCUT2D eigenvalue weighted by Crippen LogP contribution is 2.35. The minimum atomic E-state index is 0.0452. The Labute approximate surface area is 211 Å². The van der Waals surface area contributed by atoms with E-state index in [4.69, 9.17) is 28.2 Å². The molecule has 10 heteroatoms. The van der Waals surface area contributed by atoms with Crippen molar-refractivity contribution in [3.63, 3.8) is 0 Å². The fourth-order valence-electron chi connectivity index (χ4n) is 4.19. The van der Waals surface area contributed by atoms with E-state index in [1.165, 1.54) is 4.88 Å². The summed E-state index contributed by atoms with van der Waals surface area (Å²) in [5.74, 6) is 0.881. The number of aryl methyl sites for hydroxylation is 1. The van der Waals surface area contributed by atoms with Gasteiger partial charge in [-0.05, 0) is 30.7 Å². The highest BCUT2D eigenvalue weighted by atomic mass is 35.5. The van der Waals surface area contributed by atoms with E-state index in [2.05, 4.69) is 34.3 Å². The van der Waals surface area contributed by atoms with E-state index in [9.17, 15) is 4.79 Å². The summed E-state index contributed by atoms with van der Waals surface area (Å²) in [4.78, 5) is 28.3. The van der Waals surface area contributed by atoms with Crippen molar-refractivity contribution in [2.45, 2.75) is 13.3 Å². The Balaban J connectivity index is 1.29. The normalized spacial score (nSPS) is 14.1. The average molecular weight is 515 g/mol. The summed E-state index contributed by atoms with van der Waals surface area (Å²) in [5.41, 5.74) is 2.50. The van der Waals surface area contributed by atoms with Gasteiger partial charge in [0.05, 0.1) is 27.2 Å². The molecule has 0 unspecified atom stereocenters. The van der Waals surface area contributed by atoms with Crippen LogP contribution in [0, 0.1) is 0 Å². The minimum Gasteiger partial charge on any atom is -0.365 e. The smallest absolute Gasteiger partial charge is 0.242 e. The quantitative estimate of drug-likeness (QED) is 0.388. The van der Waals surface area contributed by atoms with E-state index in [0.29, 0.717) is 36.2 Å². The van der Waals surface area contributed by atoms with E-state index in [1.54, 1.807) is 23.7 Å². The van der Waals surface area contributed by atoms with Crippen LogP contribution >= 0.6 is 34.5 Å². The van der Waals surface area contributed by atoms with Crippen LogP contribution in [0.25, 0.3) is 16.2 Å². The number of carbonyl (C=O) groups is 1. The largest absolute Gasteiger partial charge is 0.365 e. The van der Waals surface area contributed by atoms with Gasteiger partial charge >= 0.3 is 0 Å². The molecule has 1 saturated heterocycles. The number of amides is 1. The second kappa shape index (κ2) is 9.82. The summed E-state index contributed by atoms with van der Waals surface area (Å²) in [7, 11) is 0. The lowest BCUT2D eigenvalue weighted by molar-refractivity contribution is -0.129. The summed E-state index contributed by atoms with van der Waals surface area (Å²) in [6, 6.07) is 10.1. The predicted octanol–water partition coefficient (Wildman–Crippen LogP) is 5.09. The van der Waals surface area contributed by atoms with Crippen LogP contribution in [-0.4, -0.2) is 57.9 Å². The molecule has 1 amide bonds. The number of fused-ring (bicyclic) bond motifs is 1. The zero-order chi connectivity index (χ0) is 23.7. The molecule has 0 aliphatic carbocycles. The number of anilines is 2. The number of thiophene rings is 1. The number of carbonyl (C=O) groups excluding carboxylic acids is 1. The molecule has 1 fully saturated rings. The lowest BCUT2D eigenvalue weighted by Gasteiger charge is -2.36. The monoisotopic (exact) mass is 514 g/mol. The van der Waals surface area contributed by atoms with E-state index < -0.39 is 0 Å². The third-order valence-electron chi connectivity index (χ3n) is 5.96. The number of pyridine rings is 2. The molecule has 176 valence electrons. The van der Waals surface area contributed by atoms with Crippen molar-refractivity contribution < 1.29 is 4.79 Å². The van der Waals surface area contributed by atoms with Crippen LogP contribution in [0.3, 0.4) is 0 Å². The molecule has 1 N–H and O–H groups in total. The number of nitrogens with one attached hydrogen (secondary N) is 1. The highest BCUT2D eigenvalue weighted by Gasteiger charge is 2.25. The van der Waals surface area contributed by atoms with Gasteiger partial charge in [0.15, 0.2) is 0 Å². The summed E-state index contributed by atoms with van der Waals surface area (Å²) in [5, 5.41) is 4.42. The zero-order valence-corrected chi connectivity index (χ0v) is 21.0. The molecule has 1 aliphatic heterocycles. The highest BCUT2D eigenvalue weighted by molar-refractivity contribution is 7.15. The lowest BCUT2D eigenvalue weighted by atomic mass is 10.2. The standard InChI is InChI=1S/C24H24Cl2N6OS/c1-2-16-6-7-19(34-16)22-24(32-8-4-3-5-20(32)29-22)28-15-21(33)30-9-11-31(12-10-30)23-17(25)13-27-14-18(23)26/h3-8,13-14,28H,2,9-12,15H2,1H3. The number of rotatable bonds is 6. The van der Waals surface area contributed by atoms with Gasteiger partial charge in [-0.25, -0.2) is 4.98 Å². The topological polar surface area (TPSA) is 65.8 Å². The van der Waals surface area contributed by atoms with Gasteiger partial charge in [0.1, 0.15) is 17.2 Å². The van der Waals surface area contributed by atoms with Gasteiger partial charge in [0.25, 0.3) is 0 Å². The van der Waals surface area contributed by atoms with Crippen molar-refractivity contribution in [3.05, 3.63) is 63.8 Å². The molecule has 0 radical (unpaired) electrons. The third kappa shape index (κ3) is 4.45. The van der Waals surface area contributed by atoms with Crippen molar-refractivity contribution in [1.29, 1.82) is 0 Å². The third-order valence-corrected chi connectivity index (χ3v) is 7.75. The van der Waals surface area contributed by atoms with Crippen LogP contribution in [0.1, 0.15) is 11.8 Å². The van der Waals surface area contributed by atoms with Gasteiger partial charge in [0, 0.05) is 49.6 Å². The Kier molecular flexibility index (Phi) is 6.63. The number of halogens is 2. The molecule has 7 nitrogen and oxygen atoms in total. The number of aromatic nitrogens is 3. The van der Waals surface area contributed by atoms with E-state index >= 15 is 0 Å². The molecule has 0 atom stereocenters. The molecular weight excluding hydrogens is 491 g/mol. The maximum absolute atomic E-state index is 13.1. The Bertz CT molecular complexity index is 1310. The van der Waals surface area contributed by atoms with E-state index in [-0.39, 0.29) is 12.5 Å². The summed E-state index contributed by atoms with van der Waals surface area (Å²) >= 11 is 14.3. The molecule has 1 aliphatic rings. The van der Waals surface area contributed by atoms with Crippen LogP contribution in [0.2, 0.25) is 10.0 Å². The van der Waals surface area contributed by atoms with Gasteiger partial charge in [-0.1, -0.05) is 36.2 Å². The van der Waals surface area contributed by atoms with Crippen LogP contribution in [-0.2, 0) is 11.2 Å². The van der Waals surface area contributed by atoms with Crippen LogP contribution in [0.4, 0.5) is 11.5 Å². The van der Waals surface area contributed by atoms with E-state index in [0.717, 1.165) is 34.1 Å². The van der Waals surface area contributed by atoms with Gasteiger partial charge in [0.2, 0.25) is 5.91 Å². The molecular formula is C24H24Cl2N6OS. The van der Waals surface area contributed by atoms with E-state index in [1.807, 2.05) is 33.7 Å². The summed E-state index contributed by atoms with van der Waals surface area (Å²) in [6.45, 7) is 4.85. The van der Waals surface area contributed by atoms with Gasteiger partial charge < -0.3 is 15.1 Å². The number of imidazole rings is 1. The molecule has 5 rings (SSSR count). The maximum atomic E-state index is 13.1. The Morgan fingerprint density at radius 3 is 2.56 bits per heavy atom. The fraction of sp³-hybridized carbons (Fsp3) is 0.292. The average Bonchev–Trinajstić information content (AvgIpc) is 3.47. The van der Waals surface area contributed by atoms with Gasteiger partial charge in [-0.2, -0.15) is 0 Å². The molecule has 34 heavy (non-hydrogen) atoms. The second-order valence-electron chi connectivity index (χ2n) is 8.03. The van der Waals surface area contributed by atoms with Gasteiger partial charge in [-0.15, -0.1) is 11.3 Å². The molecule has 0 spiro atoms. The second-order valence-corrected chi connectivity index (χ2v) is 10.0. The van der Waals surface area contributed by atoms with Crippen molar-refractivity contribution in [2.75, 3.05) is 42.9 Å². The molecule has 0 aromatic carbocycles. The first-order valence-corrected chi connectivity index (χ1v) is 12.7. The Hall–Kier alpha value is -2.81. The lowest BCUT2D eigenvalue weighted by Crippen LogP contribution is -2.50. The Morgan fingerprint density at radius 2 is 1.85 bits per heavy atom. The maximum Gasteiger partial charge on any atom is 0.242 e. The van der Waals surface area contributed by atoms with Crippen LogP contribution < -0.4 is 10.2 Å². The van der Waals surface area contributed by atoms with Crippen LogP contribution in [0.15, 0.2) is 48.9 Å². The first-order chi connectivity index (χ1) is 16.5. The number of hydrogen-bond acceptors (Lipinski definition) is 6. The molecule has 5 heterocycles. The number of nitrogens with zero attached hydrogens (tertiary/aromatic N) is 5. The van der Waals surface area contributed by atoms with Crippen molar-refractivity contribution in [1.82, 2.24) is 19.3 Å². The fourth-order valence-corrected chi connectivity index (χ4v) is 5.73. The zero-order valence-electron chi connectivity index (χ0n) is 18.7. The predicted molar refractivity (Wildman–Crippen MR) is 139 cm³/mol. The minimum absolute atomic E-state index is 0.0452. The Morgan fingerprint density at radius 1 is 1.09 bits per heavy atom. The first kappa shape index (κ1) is 23.0. The first-order valence-electron chi connectivity index (χ1n) is 11.2. The van der Waals surface area contributed by atoms with Crippen LogP contribution in [0.5, 0.6) is 0 Å². The molecule has 0 saturated carbocycles. The summed E-state index contributed by atoms with van der Waals surface area (Å²) in [6.07, 6.45) is 6.14.